The highest BCUT2D eigenvalue weighted by atomic mass is 35.5. The molecule has 0 aliphatic rings. The number of benzene rings is 1. The van der Waals surface area contributed by atoms with E-state index in [9.17, 15) is 9.59 Å². The van der Waals surface area contributed by atoms with E-state index in [0.717, 1.165) is 0 Å². The minimum absolute atomic E-state index is 0.380. The van der Waals surface area contributed by atoms with Crippen LogP contribution < -0.4 is 5.32 Å². The Bertz CT molecular complexity index is 459. The highest BCUT2D eigenvalue weighted by Gasteiger charge is 2.33. The molecule has 0 heterocycles. The number of halogens is 1. The molecule has 5 nitrogen and oxygen atoms in total. The predicted octanol–water partition coefficient (Wildman–Crippen LogP) is 2.84. The van der Waals surface area contributed by atoms with Gasteiger partial charge in [0, 0.05) is 0 Å². The minimum Gasteiger partial charge on any atom is -0.466 e. The fourth-order valence-corrected chi connectivity index (χ4v) is 1.40. The molecule has 0 aliphatic carbocycles. The SMILES string of the molecule is COC(=O)C(C)(C)OC(=O)Nc1ccccc1Cl. The van der Waals surface area contributed by atoms with Crippen molar-refractivity contribution in [1.82, 2.24) is 0 Å². The molecule has 0 aromatic heterocycles. The van der Waals surface area contributed by atoms with Crippen molar-refractivity contribution in [2.45, 2.75) is 19.4 Å². The zero-order valence-electron chi connectivity index (χ0n) is 10.3. The number of nitrogens with one attached hydrogen (secondary N) is 1. The van der Waals surface area contributed by atoms with Crippen molar-refractivity contribution in [1.29, 1.82) is 0 Å². The summed E-state index contributed by atoms with van der Waals surface area (Å²) in [5.41, 5.74) is -0.954. The van der Waals surface area contributed by atoms with Gasteiger partial charge in [-0.05, 0) is 26.0 Å². The molecule has 1 aromatic carbocycles. The number of carbonyl (C=O) groups excluding carboxylic acids is 2. The lowest BCUT2D eigenvalue weighted by Crippen LogP contribution is -2.39. The quantitative estimate of drug-likeness (QED) is 0.859. The van der Waals surface area contributed by atoms with Crippen LogP contribution in [0.15, 0.2) is 24.3 Å². The van der Waals surface area contributed by atoms with Gasteiger partial charge in [0.25, 0.3) is 0 Å². The van der Waals surface area contributed by atoms with Crippen molar-refractivity contribution in [2.75, 3.05) is 12.4 Å². The lowest BCUT2D eigenvalue weighted by molar-refractivity contribution is -0.158. The third-order valence-electron chi connectivity index (χ3n) is 2.14. The fraction of sp³-hybridized carbons (Fsp3) is 0.333. The van der Waals surface area contributed by atoms with Crippen LogP contribution >= 0.6 is 11.6 Å². The Morgan fingerprint density at radius 1 is 1.28 bits per heavy atom. The molecule has 1 aromatic rings. The lowest BCUT2D eigenvalue weighted by atomic mass is 10.1. The molecule has 0 aliphatic heterocycles. The molecule has 6 heteroatoms. The number of para-hydroxylation sites is 1. The van der Waals surface area contributed by atoms with Crippen LogP contribution in [0.25, 0.3) is 0 Å². The van der Waals surface area contributed by atoms with Crippen LogP contribution in [-0.2, 0) is 14.3 Å². The van der Waals surface area contributed by atoms with Gasteiger partial charge in [-0.2, -0.15) is 0 Å². The summed E-state index contributed by atoms with van der Waals surface area (Å²) >= 11 is 5.87. The van der Waals surface area contributed by atoms with Gasteiger partial charge in [0.15, 0.2) is 0 Å². The van der Waals surface area contributed by atoms with E-state index in [4.69, 9.17) is 16.3 Å². The van der Waals surface area contributed by atoms with Crippen LogP contribution in [0.2, 0.25) is 5.02 Å². The summed E-state index contributed by atoms with van der Waals surface area (Å²) in [4.78, 5) is 22.9. The first-order valence-electron chi connectivity index (χ1n) is 5.20. The lowest BCUT2D eigenvalue weighted by Gasteiger charge is -2.22. The average Bonchev–Trinajstić information content (AvgIpc) is 2.30. The predicted molar refractivity (Wildman–Crippen MR) is 67.7 cm³/mol. The molecular weight excluding hydrogens is 258 g/mol. The summed E-state index contributed by atoms with van der Waals surface area (Å²) in [5, 5.41) is 2.82. The Labute approximate surface area is 110 Å². The molecule has 0 saturated carbocycles. The highest BCUT2D eigenvalue weighted by molar-refractivity contribution is 6.33. The van der Waals surface area contributed by atoms with Crippen molar-refractivity contribution < 1.29 is 19.1 Å². The molecule has 0 bridgehead atoms. The summed E-state index contributed by atoms with van der Waals surface area (Å²) in [7, 11) is 1.22. The molecule has 0 atom stereocenters. The molecule has 0 saturated heterocycles. The van der Waals surface area contributed by atoms with E-state index in [0.29, 0.717) is 10.7 Å². The molecule has 0 spiro atoms. The number of methoxy groups -OCH3 is 1. The summed E-state index contributed by atoms with van der Waals surface area (Å²) in [6.07, 6.45) is -0.779. The first kappa shape index (κ1) is 14.3. The molecule has 0 fully saturated rings. The van der Waals surface area contributed by atoms with Gasteiger partial charge < -0.3 is 9.47 Å². The molecule has 98 valence electrons. The largest absolute Gasteiger partial charge is 0.466 e. The summed E-state index contributed by atoms with van der Waals surface area (Å²) in [5.74, 6) is -0.642. The first-order valence-corrected chi connectivity index (χ1v) is 5.57. The second-order valence-electron chi connectivity index (χ2n) is 4.00. The Kier molecular flexibility index (Phi) is 4.55. The monoisotopic (exact) mass is 271 g/mol. The van der Waals surface area contributed by atoms with E-state index in [1.165, 1.54) is 21.0 Å². The number of hydrogen-bond donors (Lipinski definition) is 1. The molecule has 1 amide bonds. The van der Waals surface area contributed by atoms with E-state index >= 15 is 0 Å². The van der Waals surface area contributed by atoms with Crippen LogP contribution in [0.5, 0.6) is 0 Å². The average molecular weight is 272 g/mol. The zero-order valence-corrected chi connectivity index (χ0v) is 11.1. The van der Waals surface area contributed by atoms with Crippen molar-refractivity contribution >= 4 is 29.4 Å². The molecule has 1 N–H and O–H groups in total. The highest BCUT2D eigenvalue weighted by Crippen LogP contribution is 2.21. The molecule has 0 radical (unpaired) electrons. The Hall–Kier alpha value is -1.75. The number of carbonyl (C=O) groups is 2. The van der Waals surface area contributed by atoms with E-state index < -0.39 is 17.7 Å². The maximum Gasteiger partial charge on any atom is 0.412 e. The first-order chi connectivity index (χ1) is 8.36. The van der Waals surface area contributed by atoms with Crippen molar-refractivity contribution in [3.8, 4) is 0 Å². The van der Waals surface area contributed by atoms with Gasteiger partial charge in [-0.1, -0.05) is 23.7 Å². The summed E-state index contributed by atoms with van der Waals surface area (Å²) in [6.45, 7) is 2.87. The van der Waals surface area contributed by atoms with Crippen molar-refractivity contribution in [2.24, 2.45) is 0 Å². The van der Waals surface area contributed by atoms with Crippen LogP contribution in [-0.4, -0.2) is 24.8 Å². The topological polar surface area (TPSA) is 64.6 Å². The molecule has 18 heavy (non-hydrogen) atoms. The normalized spacial score (nSPS) is 10.7. The second kappa shape index (κ2) is 5.73. The van der Waals surface area contributed by atoms with Gasteiger partial charge in [-0.3, -0.25) is 5.32 Å². The maximum atomic E-state index is 11.6. The minimum atomic E-state index is -1.36. The van der Waals surface area contributed by atoms with Crippen molar-refractivity contribution in [3.63, 3.8) is 0 Å². The Balaban J connectivity index is 2.68. The van der Waals surface area contributed by atoms with Crippen LogP contribution in [0.1, 0.15) is 13.8 Å². The van der Waals surface area contributed by atoms with Gasteiger partial charge in [0.05, 0.1) is 17.8 Å². The molecular formula is C12H14ClNO4. The zero-order chi connectivity index (χ0) is 13.8. The summed E-state index contributed by atoms with van der Waals surface area (Å²) < 4.78 is 9.49. The number of amides is 1. The third-order valence-corrected chi connectivity index (χ3v) is 2.47. The van der Waals surface area contributed by atoms with Crippen LogP contribution in [0.3, 0.4) is 0 Å². The summed E-state index contributed by atoms with van der Waals surface area (Å²) in [6, 6.07) is 6.70. The van der Waals surface area contributed by atoms with E-state index in [1.807, 2.05) is 0 Å². The third kappa shape index (κ3) is 3.63. The number of ether oxygens (including phenoxy) is 2. The van der Waals surface area contributed by atoms with Crippen LogP contribution in [0, 0.1) is 0 Å². The van der Waals surface area contributed by atoms with E-state index in [2.05, 4.69) is 10.1 Å². The second-order valence-corrected chi connectivity index (χ2v) is 4.40. The van der Waals surface area contributed by atoms with E-state index in [1.54, 1.807) is 24.3 Å². The molecule has 0 unspecified atom stereocenters. The van der Waals surface area contributed by atoms with Gasteiger partial charge in [-0.15, -0.1) is 0 Å². The number of hydrogen-bond acceptors (Lipinski definition) is 4. The standard InChI is InChI=1S/C12H14ClNO4/c1-12(2,10(15)17-3)18-11(16)14-9-7-5-4-6-8(9)13/h4-7H,1-3H3,(H,14,16). The van der Waals surface area contributed by atoms with Crippen molar-refractivity contribution in [3.05, 3.63) is 29.3 Å². The van der Waals surface area contributed by atoms with Gasteiger partial charge in [0.1, 0.15) is 0 Å². The van der Waals surface area contributed by atoms with Gasteiger partial charge in [-0.25, -0.2) is 9.59 Å². The van der Waals surface area contributed by atoms with Gasteiger partial charge >= 0.3 is 12.1 Å². The Morgan fingerprint density at radius 2 is 1.89 bits per heavy atom. The molecule has 1 rings (SSSR count). The van der Waals surface area contributed by atoms with Crippen LogP contribution in [0.4, 0.5) is 10.5 Å². The number of rotatable bonds is 3. The number of anilines is 1. The van der Waals surface area contributed by atoms with E-state index in [-0.39, 0.29) is 0 Å². The Morgan fingerprint density at radius 3 is 2.44 bits per heavy atom. The fourth-order valence-electron chi connectivity index (χ4n) is 1.22. The number of esters is 1. The smallest absolute Gasteiger partial charge is 0.412 e. The maximum absolute atomic E-state index is 11.6. The van der Waals surface area contributed by atoms with Gasteiger partial charge in [0.2, 0.25) is 5.60 Å².